The molecule has 72 valence electrons. The van der Waals surface area contributed by atoms with Crippen LogP contribution in [0.3, 0.4) is 0 Å². The molecule has 4 nitrogen and oxygen atoms in total. The van der Waals surface area contributed by atoms with Crippen molar-refractivity contribution < 1.29 is 9.50 Å². The first-order valence-corrected chi connectivity index (χ1v) is 3.96. The molecule has 0 spiro atoms. The second kappa shape index (κ2) is 2.80. The predicted molar refractivity (Wildman–Crippen MR) is 48.7 cm³/mol. The van der Waals surface area contributed by atoms with Gasteiger partial charge in [0.25, 0.3) is 5.56 Å². The van der Waals surface area contributed by atoms with Crippen molar-refractivity contribution in [1.29, 1.82) is 0 Å². The normalized spacial score (nSPS) is 10.7. The quantitative estimate of drug-likeness (QED) is 0.659. The number of aromatic amines is 1. The zero-order chi connectivity index (χ0) is 10.3. The molecule has 2 rings (SSSR count). The molecule has 0 amide bonds. The molecular weight excluding hydrogens is 187 g/mol. The van der Waals surface area contributed by atoms with E-state index in [4.69, 9.17) is 0 Å². The standard InChI is InChI=1S/C9H7FN2O2/c1-4-2-5(13)8-6(7(4)10)9(14)12-3-11-8/h2-3,13H,1H3,(H,11,12,14). The van der Waals surface area contributed by atoms with Crippen LogP contribution in [-0.4, -0.2) is 15.1 Å². The third kappa shape index (κ3) is 1.06. The van der Waals surface area contributed by atoms with Crippen LogP contribution in [0.15, 0.2) is 17.2 Å². The SMILES string of the molecule is Cc1cc(O)c2nc[nH]c(=O)c2c1F. The third-order valence-corrected chi connectivity index (χ3v) is 2.01. The van der Waals surface area contributed by atoms with Gasteiger partial charge in [0, 0.05) is 0 Å². The van der Waals surface area contributed by atoms with Crippen LogP contribution in [-0.2, 0) is 0 Å². The Morgan fingerprint density at radius 2 is 2.29 bits per heavy atom. The molecule has 1 heterocycles. The van der Waals surface area contributed by atoms with Crippen LogP contribution in [0.5, 0.6) is 5.75 Å². The van der Waals surface area contributed by atoms with Gasteiger partial charge < -0.3 is 10.1 Å². The summed E-state index contributed by atoms with van der Waals surface area (Å²) in [7, 11) is 0. The van der Waals surface area contributed by atoms with E-state index in [0.717, 1.165) is 6.33 Å². The van der Waals surface area contributed by atoms with E-state index >= 15 is 0 Å². The zero-order valence-electron chi connectivity index (χ0n) is 7.34. The summed E-state index contributed by atoms with van der Waals surface area (Å²) in [6, 6.07) is 1.24. The van der Waals surface area contributed by atoms with Gasteiger partial charge in [0.05, 0.1) is 6.33 Å². The molecule has 0 saturated carbocycles. The number of H-pyrrole nitrogens is 1. The predicted octanol–water partition coefficient (Wildman–Crippen LogP) is 1.08. The molecule has 0 aliphatic rings. The number of hydrogen-bond donors (Lipinski definition) is 2. The summed E-state index contributed by atoms with van der Waals surface area (Å²) in [5.74, 6) is -0.836. The van der Waals surface area contributed by atoms with Gasteiger partial charge >= 0.3 is 0 Å². The van der Waals surface area contributed by atoms with Gasteiger partial charge in [-0.15, -0.1) is 0 Å². The van der Waals surface area contributed by atoms with Crippen molar-refractivity contribution in [3.63, 3.8) is 0 Å². The Labute approximate surface area is 78.0 Å². The molecule has 0 fully saturated rings. The average Bonchev–Trinajstić information content (AvgIpc) is 2.14. The lowest BCUT2D eigenvalue weighted by Crippen LogP contribution is -2.09. The monoisotopic (exact) mass is 194 g/mol. The third-order valence-electron chi connectivity index (χ3n) is 2.01. The molecule has 5 heteroatoms. The topological polar surface area (TPSA) is 66.0 Å². The first-order chi connectivity index (χ1) is 6.61. The molecule has 0 atom stereocenters. The highest BCUT2D eigenvalue weighted by Crippen LogP contribution is 2.24. The average molecular weight is 194 g/mol. The molecule has 0 bridgehead atoms. The molecule has 2 aromatic rings. The minimum Gasteiger partial charge on any atom is -0.506 e. The first-order valence-electron chi connectivity index (χ1n) is 3.96. The Morgan fingerprint density at radius 3 is 3.00 bits per heavy atom. The molecule has 0 radical (unpaired) electrons. The number of nitrogens with one attached hydrogen (secondary N) is 1. The fraction of sp³-hybridized carbons (Fsp3) is 0.111. The Bertz CT molecular complexity index is 562. The van der Waals surface area contributed by atoms with Crippen LogP contribution in [0, 0.1) is 12.7 Å². The first kappa shape index (κ1) is 8.68. The molecule has 0 unspecified atom stereocenters. The van der Waals surface area contributed by atoms with Gasteiger partial charge in [-0.2, -0.15) is 0 Å². The van der Waals surface area contributed by atoms with E-state index in [-0.39, 0.29) is 22.2 Å². The van der Waals surface area contributed by atoms with Crippen molar-refractivity contribution in [2.75, 3.05) is 0 Å². The maximum Gasteiger partial charge on any atom is 0.261 e. The molecule has 0 aliphatic carbocycles. The highest BCUT2D eigenvalue weighted by Gasteiger charge is 2.12. The summed E-state index contributed by atoms with van der Waals surface area (Å²) < 4.78 is 13.5. The molecule has 1 aromatic carbocycles. The number of rotatable bonds is 0. The zero-order valence-corrected chi connectivity index (χ0v) is 7.34. The second-order valence-corrected chi connectivity index (χ2v) is 2.98. The number of phenols is 1. The highest BCUT2D eigenvalue weighted by atomic mass is 19.1. The molecule has 2 N–H and O–H groups in total. The van der Waals surface area contributed by atoms with E-state index in [1.165, 1.54) is 13.0 Å². The number of fused-ring (bicyclic) bond motifs is 1. The van der Waals surface area contributed by atoms with Gasteiger partial charge in [0.2, 0.25) is 0 Å². The number of halogens is 1. The van der Waals surface area contributed by atoms with E-state index in [1.54, 1.807) is 0 Å². The van der Waals surface area contributed by atoms with Gasteiger partial charge in [-0.3, -0.25) is 4.79 Å². The number of aryl methyl sites for hydroxylation is 1. The van der Waals surface area contributed by atoms with Gasteiger partial charge in [-0.1, -0.05) is 0 Å². The maximum atomic E-state index is 13.5. The number of phenolic OH excluding ortho intramolecular Hbond substituents is 1. The number of aromatic nitrogens is 2. The fourth-order valence-corrected chi connectivity index (χ4v) is 1.33. The summed E-state index contributed by atoms with van der Waals surface area (Å²) in [5, 5.41) is 9.22. The van der Waals surface area contributed by atoms with E-state index in [0.29, 0.717) is 0 Å². The van der Waals surface area contributed by atoms with Gasteiger partial charge in [-0.25, -0.2) is 9.37 Å². The largest absolute Gasteiger partial charge is 0.506 e. The van der Waals surface area contributed by atoms with Crippen molar-refractivity contribution in [2.24, 2.45) is 0 Å². The lowest BCUT2D eigenvalue weighted by molar-refractivity contribution is 0.478. The molecular formula is C9H7FN2O2. The maximum absolute atomic E-state index is 13.5. The Balaban J connectivity index is 3.11. The van der Waals surface area contributed by atoms with Gasteiger partial charge in [0.15, 0.2) is 0 Å². The summed E-state index contributed by atoms with van der Waals surface area (Å²) in [4.78, 5) is 17.2. The van der Waals surface area contributed by atoms with Gasteiger partial charge in [-0.05, 0) is 18.6 Å². The lowest BCUT2D eigenvalue weighted by atomic mass is 10.1. The van der Waals surface area contributed by atoms with Crippen molar-refractivity contribution in [3.05, 3.63) is 34.1 Å². The summed E-state index contributed by atoms with van der Waals surface area (Å²) in [6.07, 6.45) is 1.12. The summed E-state index contributed by atoms with van der Waals surface area (Å²) >= 11 is 0. The van der Waals surface area contributed by atoms with Crippen LogP contribution < -0.4 is 5.56 Å². The number of benzene rings is 1. The van der Waals surface area contributed by atoms with E-state index in [9.17, 15) is 14.3 Å². The summed E-state index contributed by atoms with van der Waals surface area (Å²) in [6.45, 7) is 1.47. The summed E-state index contributed by atoms with van der Waals surface area (Å²) in [5.41, 5.74) is -0.392. The van der Waals surface area contributed by atoms with Crippen molar-refractivity contribution in [2.45, 2.75) is 6.92 Å². The van der Waals surface area contributed by atoms with Crippen LogP contribution in [0.25, 0.3) is 10.9 Å². The van der Waals surface area contributed by atoms with E-state index in [1.807, 2.05) is 0 Å². The van der Waals surface area contributed by atoms with Crippen molar-refractivity contribution in [1.82, 2.24) is 9.97 Å². The van der Waals surface area contributed by atoms with Gasteiger partial charge in [0.1, 0.15) is 22.5 Å². The molecule has 0 aliphatic heterocycles. The minimum atomic E-state index is -0.646. The minimum absolute atomic E-state index is 0.0168. The lowest BCUT2D eigenvalue weighted by Gasteiger charge is -2.02. The van der Waals surface area contributed by atoms with Crippen molar-refractivity contribution in [3.8, 4) is 5.75 Å². The van der Waals surface area contributed by atoms with Crippen LogP contribution in [0.2, 0.25) is 0 Å². The molecule has 14 heavy (non-hydrogen) atoms. The highest BCUT2D eigenvalue weighted by molar-refractivity contribution is 5.84. The van der Waals surface area contributed by atoms with E-state index in [2.05, 4.69) is 9.97 Å². The molecule has 1 aromatic heterocycles. The fourth-order valence-electron chi connectivity index (χ4n) is 1.33. The van der Waals surface area contributed by atoms with Crippen LogP contribution >= 0.6 is 0 Å². The number of aromatic hydroxyl groups is 1. The van der Waals surface area contributed by atoms with Crippen LogP contribution in [0.1, 0.15) is 5.56 Å². The second-order valence-electron chi connectivity index (χ2n) is 2.98. The Hall–Kier alpha value is -1.91. The number of hydrogen-bond acceptors (Lipinski definition) is 3. The smallest absolute Gasteiger partial charge is 0.261 e. The molecule has 0 saturated heterocycles. The van der Waals surface area contributed by atoms with Crippen molar-refractivity contribution >= 4 is 10.9 Å². The van der Waals surface area contributed by atoms with E-state index < -0.39 is 11.4 Å². The Morgan fingerprint density at radius 1 is 1.57 bits per heavy atom. The van der Waals surface area contributed by atoms with Crippen LogP contribution in [0.4, 0.5) is 4.39 Å². The number of nitrogens with zero attached hydrogens (tertiary/aromatic N) is 1. The Kier molecular flexibility index (Phi) is 1.73.